The lowest BCUT2D eigenvalue weighted by Crippen LogP contribution is -2.50. The summed E-state index contributed by atoms with van der Waals surface area (Å²) in [5.74, 6) is -0.453. The van der Waals surface area contributed by atoms with Gasteiger partial charge < -0.3 is 10.0 Å². The number of carbonyl (C=O) groups is 1. The average molecular weight is 348 g/mol. The number of carbonyl (C=O) groups excluding carboxylic acids is 1. The predicted molar refractivity (Wildman–Crippen MR) is 79.1 cm³/mol. The predicted octanol–water partition coefficient (Wildman–Crippen LogP) is 3.17. The Kier molecular flexibility index (Phi) is 4.39. The molecule has 0 spiro atoms. The van der Waals surface area contributed by atoms with Crippen LogP contribution in [0.4, 0.5) is 13.2 Å². The molecule has 0 radical (unpaired) electrons. The third kappa shape index (κ3) is 3.38. The first-order chi connectivity index (χ1) is 10.8. The highest BCUT2D eigenvalue weighted by atomic mass is 32.1. The summed E-state index contributed by atoms with van der Waals surface area (Å²) in [5.41, 5.74) is -2.14. The van der Waals surface area contributed by atoms with E-state index < -0.39 is 17.5 Å². The van der Waals surface area contributed by atoms with Crippen molar-refractivity contribution in [2.24, 2.45) is 0 Å². The van der Waals surface area contributed by atoms with Crippen molar-refractivity contribution in [1.29, 1.82) is 0 Å². The maximum atomic E-state index is 12.7. The number of piperidine rings is 1. The average Bonchev–Trinajstić information content (AvgIpc) is 3.16. The van der Waals surface area contributed by atoms with Crippen LogP contribution in [0.2, 0.25) is 0 Å². The molecule has 1 aliphatic carbocycles. The second-order valence-corrected chi connectivity index (χ2v) is 7.29. The van der Waals surface area contributed by atoms with Crippen LogP contribution in [0.5, 0.6) is 0 Å². The summed E-state index contributed by atoms with van der Waals surface area (Å²) in [6.07, 6.45) is -0.384. The smallest absolute Gasteiger partial charge is 0.380 e. The van der Waals surface area contributed by atoms with E-state index in [2.05, 4.69) is 4.98 Å². The Hall–Kier alpha value is -1.15. The molecule has 2 heterocycles. The van der Waals surface area contributed by atoms with E-state index in [-0.39, 0.29) is 11.8 Å². The van der Waals surface area contributed by atoms with Crippen LogP contribution in [0.15, 0.2) is 5.38 Å². The first-order valence-electron chi connectivity index (χ1n) is 7.84. The minimum Gasteiger partial charge on any atom is -0.380 e. The van der Waals surface area contributed by atoms with Crippen molar-refractivity contribution in [2.75, 3.05) is 13.1 Å². The summed E-state index contributed by atoms with van der Waals surface area (Å²) in [6, 6.07) is 0. The summed E-state index contributed by atoms with van der Waals surface area (Å²) in [4.78, 5) is 17.9. The largest absolute Gasteiger partial charge is 0.434 e. The van der Waals surface area contributed by atoms with E-state index in [0.29, 0.717) is 43.8 Å². The quantitative estimate of drug-likeness (QED) is 0.893. The van der Waals surface area contributed by atoms with Crippen molar-refractivity contribution < 1.29 is 23.1 Å². The molecule has 2 fully saturated rings. The lowest BCUT2D eigenvalue weighted by Gasteiger charge is -2.36. The number of thiazole rings is 1. The molecule has 1 aromatic rings. The topological polar surface area (TPSA) is 53.4 Å². The molecule has 0 bridgehead atoms. The minimum absolute atomic E-state index is 0.182. The van der Waals surface area contributed by atoms with Crippen molar-refractivity contribution >= 4 is 17.2 Å². The Balaban J connectivity index is 1.71. The molecule has 23 heavy (non-hydrogen) atoms. The zero-order valence-corrected chi connectivity index (χ0v) is 13.4. The van der Waals surface area contributed by atoms with Gasteiger partial charge in [0.1, 0.15) is 5.60 Å². The maximum absolute atomic E-state index is 12.7. The van der Waals surface area contributed by atoms with E-state index >= 15 is 0 Å². The van der Waals surface area contributed by atoms with Crippen LogP contribution in [-0.4, -0.2) is 39.6 Å². The Morgan fingerprint density at radius 2 is 2.04 bits per heavy atom. The molecule has 1 saturated carbocycles. The van der Waals surface area contributed by atoms with E-state index in [1.54, 1.807) is 4.90 Å². The highest BCUT2D eigenvalue weighted by Gasteiger charge is 2.43. The fourth-order valence-corrected chi connectivity index (χ4v) is 4.39. The van der Waals surface area contributed by atoms with Crippen LogP contribution >= 0.6 is 11.3 Å². The molecule has 1 N–H and O–H groups in total. The van der Waals surface area contributed by atoms with Gasteiger partial charge in [0, 0.05) is 24.4 Å². The lowest BCUT2D eigenvalue weighted by atomic mass is 9.94. The summed E-state index contributed by atoms with van der Waals surface area (Å²) in [5, 5.41) is 11.9. The Morgan fingerprint density at radius 1 is 1.35 bits per heavy atom. The minimum atomic E-state index is -4.43. The molecule has 4 nitrogen and oxygen atoms in total. The summed E-state index contributed by atoms with van der Waals surface area (Å²) < 4.78 is 38.0. The molecular formula is C15H19F3N2O2S. The van der Waals surface area contributed by atoms with Gasteiger partial charge in [-0.2, -0.15) is 13.2 Å². The first kappa shape index (κ1) is 16.7. The highest BCUT2D eigenvalue weighted by molar-refractivity contribution is 7.09. The zero-order chi connectivity index (χ0) is 16.7. The maximum Gasteiger partial charge on any atom is 0.434 e. The van der Waals surface area contributed by atoms with Gasteiger partial charge in [-0.25, -0.2) is 4.98 Å². The number of aromatic nitrogens is 1. The number of nitrogens with zero attached hydrogens (tertiary/aromatic N) is 2. The fraction of sp³-hybridized carbons (Fsp3) is 0.733. The van der Waals surface area contributed by atoms with Gasteiger partial charge in [-0.3, -0.25) is 4.79 Å². The second-order valence-electron chi connectivity index (χ2n) is 6.40. The van der Waals surface area contributed by atoms with Gasteiger partial charge in [0.05, 0.1) is 5.01 Å². The first-order valence-corrected chi connectivity index (χ1v) is 8.72. The molecule has 128 valence electrons. The number of hydrogen-bond acceptors (Lipinski definition) is 4. The van der Waals surface area contributed by atoms with Gasteiger partial charge in [0.15, 0.2) is 5.69 Å². The fourth-order valence-electron chi connectivity index (χ4n) is 3.44. The van der Waals surface area contributed by atoms with Crippen molar-refractivity contribution in [3.8, 4) is 0 Å². The van der Waals surface area contributed by atoms with E-state index in [1.165, 1.54) is 0 Å². The highest BCUT2D eigenvalue weighted by Crippen LogP contribution is 2.37. The van der Waals surface area contributed by atoms with Gasteiger partial charge in [0.2, 0.25) is 0 Å². The van der Waals surface area contributed by atoms with E-state index in [9.17, 15) is 23.1 Å². The van der Waals surface area contributed by atoms with E-state index in [4.69, 9.17) is 0 Å². The zero-order valence-electron chi connectivity index (χ0n) is 12.6. The molecule has 1 saturated heterocycles. The van der Waals surface area contributed by atoms with Gasteiger partial charge in [-0.15, -0.1) is 11.3 Å². The molecule has 1 atom stereocenters. The van der Waals surface area contributed by atoms with Crippen LogP contribution < -0.4 is 0 Å². The standard InChI is InChI=1S/C15H19F3N2O2S/c16-15(17,18)11-9-23-12(19-11)10-4-3-7-20(8-10)13(21)14(22)5-1-2-6-14/h9-10,22H,1-8H2. The van der Waals surface area contributed by atoms with E-state index in [0.717, 1.165) is 29.6 Å². The van der Waals surface area contributed by atoms with Crippen molar-refractivity contribution in [3.05, 3.63) is 16.1 Å². The second kappa shape index (κ2) is 6.05. The Morgan fingerprint density at radius 3 is 2.65 bits per heavy atom. The molecule has 2 aliphatic rings. The normalized spacial score (nSPS) is 24.9. The molecule has 1 aromatic heterocycles. The number of alkyl halides is 3. The Labute approximate surface area is 136 Å². The summed E-state index contributed by atoms with van der Waals surface area (Å²) in [6.45, 7) is 0.890. The molecule has 8 heteroatoms. The number of likely N-dealkylation sites (tertiary alicyclic amines) is 1. The number of aliphatic hydroxyl groups is 1. The van der Waals surface area contributed by atoms with Crippen molar-refractivity contribution in [1.82, 2.24) is 9.88 Å². The van der Waals surface area contributed by atoms with Crippen LogP contribution in [0.1, 0.15) is 55.1 Å². The Bertz CT molecular complexity index is 582. The summed E-state index contributed by atoms with van der Waals surface area (Å²) in [7, 11) is 0. The van der Waals surface area contributed by atoms with Gasteiger partial charge in [-0.05, 0) is 38.5 Å². The van der Waals surface area contributed by atoms with Crippen LogP contribution in [0, 0.1) is 0 Å². The monoisotopic (exact) mass is 348 g/mol. The van der Waals surface area contributed by atoms with E-state index in [1.807, 2.05) is 0 Å². The molecular weight excluding hydrogens is 329 g/mol. The van der Waals surface area contributed by atoms with Gasteiger partial charge in [0.25, 0.3) is 5.91 Å². The molecule has 0 aromatic carbocycles. The van der Waals surface area contributed by atoms with Crippen molar-refractivity contribution in [3.63, 3.8) is 0 Å². The third-order valence-electron chi connectivity index (χ3n) is 4.70. The lowest BCUT2D eigenvalue weighted by molar-refractivity contribution is -0.152. The van der Waals surface area contributed by atoms with Crippen LogP contribution in [-0.2, 0) is 11.0 Å². The third-order valence-corrected chi connectivity index (χ3v) is 5.71. The number of amides is 1. The molecule has 1 unspecified atom stereocenters. The van der Waals surface area contributed by atoms with Crippen molar-refractivity contribution in [2.45, 2.75) is 56.2 Å². The van der Waals surface area contributed by atoms with Crippen LogP contribution in [0.25, 0.3) is 0 Å². The number of hydrogen-bond donors (Lipinski definition) is 1. The van der Waals surface area contributed by atoms with Crippen LogP contribution in [0.3, 0.4) is 0 Å². The molecule has 3 rings (SSSR count). The summed E-state index contributed by atoms with van der Waals surface area (Å²) >= 11 is 0.996. The SMILES string of the molecule is O=C(N1CCCC(c2nc(C(F)(F)F)cs2)C1)C1(O)CCCC1. The number of rotatable bonds is 2. The van der Waals surface area contributed by atoms with Gasteiger partial charge >= 0.3 is 6.18 Å². The number of halogens is 3. The van der Waals surface area contributed by atoms with Gasteiger partial charge in [-0.1, -0.05) is 0 Å². The molecule has 1 amide bonds. The molecule has 1 aliphatic heterocycles.